The zero-order chi connectivity index (χ0) is 12.8. The first-order chi connectivity index (χ1) is 7.29. The lowest BCUT2D eigenvalue weighted by Crippen LogP contribution is -2.49. The van der Waals surface area contributed by atoms with Gasteiger partial charge in [-0.1, -0.05) is 0 Å². The van der Waals surface area contributed by atoms with Gasteiger partial charge in [0.2, 0.25) is 0 Å². The second-order valence-electron chi connectivity index (χ2n) is 3.19. The average molecular weight is 234 g/mol. The molecule has 1 unspecified atom stereocenters. The minimum atomic E-state index is -2.05. The van der Waals surface area contributed by atoms with Crippen LogP contribution in [0.1, 0.15) is 6.92 Å². The van der Waals surface area contributed by atoms with Gasteiger partial charge < -0.3 is 25.6 Å². The maximum Gasteiger partial charge on any atom is 0.337 e. The minimum Gasteiger partial charge on any atom is -0.479 e. The fraction of sp³-hybridized carbons (Fsp3) is 0.625. The predicted molar refractivity (Wildman–Crippen MR) is 51.7 cm³/mol. The van der Waals surface area contributed by atoms with Crippen LogP contribution in [0.4, 0.5) is 4.79 Å². The van der Waals surface area contributed by atoms with E-state index < -0.39 is 30.1 Å². The molecule has 0 aromatic rings. The molecule has 16 heavy (non-hydrogen) atoms. The Kier molecular flexibility index (Phi) is 5.23. The van der Waals surface area contributed by atoms with E-state index >= 15 is 0 Å². The van der Waals surface area contributed by atoms with Crippen molar-refractivity contribution in [3.05, 3.63) is 0 Å². The molecule has 1 atom stereocenters. The molecule has 0 aliphatic carbocycles. The van der Waals surface area contributed by atoms with Gasteiger partial charge in [0.25, 0.3) is 0 Å². The molecular formula is C8H14N2O6. The molecule has 92 valence electrons. The highest BCUT2D eigenvalue weighted by molar-refractivity contribution is 5.82. The standard InChI is InChI=1S/C8H14N2O6/c1-8(15,6(12)13)4-10-7(14)9-3-5(11)16-2/h15H,3-4H2,1-2H3,(H,12,13)(H2,9,10,14). The summed E-state index contributed by atoms with van der Waals surface area (Å²) in [5.41, 5.74) is -2.05. The summed E-state index contributed by atoms with van der Waals surface area (Å²) in [7, 11) is 1.16. The van der Waals surface area contributed by atoms with Gasteiger partial charge in [-0.15, -0.1) is 0 Å². The number of carboxylic acid groups (broad SMARTS) is 1. The first-order valence-corrected chi connectivity index (χ1v) is 4.34. The molecule has 0 aromatic carbocycles. The molecule has 8 heteroatoms. The summed E-state index contributed by atoms with van der Waals surface area (Å²) in [6.07, 6.45) is 0. The number of esters is 1. The van der Waals surface area contributed by atoms with E-state index in [9.17, 15) is 19.5 Å². The molecule has 0 rings (SSSR count). The number of carbonyl (C=O) groups excluding carboxylic acids is 2. The van der Waals surface area contributed by atoms with E-state index in [0.717, 1.165) is 14.0 Å². The van der Waals surface area contributed by atoms with Crippen LogP contribution in [0.3, 0.4) is 0 Å². The molecule has 4 N–H and O–H groups in total. The number of aliphatic carboxylic acids is 1. The van der Waals surface area contributed by atoms with Crippen molar-refractivity contribution in [1.82, 2.24) is 10.6 Å². The Hall–Kier alpha value is -1.83. The number of carbonyl (C=O) groups is 3. The number of urea groups is 1. The highest BCUT2D eigenvalue weighted by Crippen LogP contribution is 2.00. The Morgan fingerprint density at radius 3 is 2.31 bits per heavy atom. The first kappa shape index (κ1) is 14.2. The number of ether oxygens (including phenoxy) is 1. The fourth-order valence-corrected chi connectivity index (χ4v) is 0.615. The number of methoxy groups -OCH3 is 1. The predicted octanol–water partition coefficient (Wildman–Crippen LogP) is -1.71. The Morgan fingerprint density at radius 2 is 1.88 bits per heavy atom. The lowest BCUT2D eigenvalue weighted by Gasteiger charge is -2.18. The van der Waals surface area contributed by atoms with Crippen LogP contribution in [0.5, 0.6) is 0 Å². The highest BCUT2D eigenvalue weighted by Gasteiger charge is 2.30. The van der Waals surface area contributed by atoms with E-state index in [1.54, 1.807) is 0 Å². The Bertz CT molecular complexity index is 288. The van der Waals surface area contributed by atoms with Crippen LogP contribution in [-0.4, -0.2) is 54.0 Å². The van der Waals surface area contributed by atoms with Crippen LogP contribution in [-0.2, 0) is 14.3 Å². The van der Waals surface area contributed by atoms with Crippen molar-refractivity contribution in [3.63, 3.8) is 0 Å². The fourth-order valence-electron chi connectivity index (χ4n) is 0.615. The van der Waals surface area contributed by atoms with Crippen LogP contribution in [0, 0.1) is 0 Å². The van der Waals surface area contributed by atoms with Crippen molar-refractivity contribution in [1.29, 1.82) is 0 Å². The number of aliphatic hydroxyl groups is 1. The number of carboxylic acids is 1. The second kappa shape index (κ2) is 5.91. The monoisotopic (exact) mass is 234 g/mol. The molecule has 0 bridgehead atoms. The third kappa shape index (κ3) is 5.15. The summed E-state index contributed by atoms with van der Waals surface area (Å²) in [5, 5.41) is 22.0. The first-order valence-electron chi connectivity index (χ1n) is 4.34. The van der Waals surface area contributed by atoms with Gasteiger partial charge in [-0.05, 0) is 6.92 Å². The number of hydrogen-bond donors (Lipinski definition) is 4. The van der Waals surface area contributed by atoms with E-state index in [-0.39, 0.29) is 6.54 Å². The van der Waals surface area contributed by atoms with E-state index in [4.69, 9.17) is 5.11 Å². The van der Waals surface area contributed by atoms with Crippen molar-refractivity contribution >= 4 is 18.0 Å². The third-order valence-corrected chi connectivity index (χ3v) is 1.67. The van der Waals surface area contributed by atoms with Gasteiger partial charge in [0.05, 0.1) is 13.7 Å². The number of nitrogens with one attached hydrogen (secondary N) is 2. The number of rotatable bonds is 5. The van der Waals surface area contributed by atoms with E-state index in [1.165, 1.54) is 0 Å². The second-order valence-corrected chi connectivity index (χ2v) is 3.19. The topological polar surface area (TPSA) is 125 Å². The van der Waals surface area contributed by atoms with Gasteiger partial charge in [-0.3, -0.25) is 4.79 Å². The quantitative estimate of drug-likeness (QED) is 0.420. The lowest BCUT2D eigenvalue weighted by atomic mass is 10.1. The maximum atomic E-state index is 11.0. The van der Waals surface area contributed by atoms with Crippen LogP contribution < -0.4 is 10.6 Å². The van der Waals surface area contributed by atoms with Gasteiger partial charge in [0.1, 0.15) is 6.54 Å². The van der Waals surface area contributed by atoms with Gasteiger partial charge >= 0.3 is 18.0 Å². The molecule has 0 saturated carbocycles. The molecule has 0 saturated heterocycles. The van der Waals surface area contributed by atoms with Crippen LogP contribution in [0.15, 0.2) is 0 Å². The maximum absolute atomic E-state index is 11.0. The lowest BCUT2D eigenvalue weighted by molar-refractivity contribution is -0.155. The minimum absolute atomic E-state index is 0.336. The molecule has 0 aliphatic rings. The normalized spacial score (nSPS) is 13.4. The van der Waals surface area contributed by atoms with Crippen LogP contribution in [0.2, 0.25) is 0 Å². The van der Waals surface area contributed by atoms with Gasteiger partial charge in [-0.25, -0.2) is 9.59 Å². The van der Waals surface area contributed by atoms with Crippen molar-refractivity contribution < 1.29 is 29.3 Å². The summed E-state index contributed by atoms with van der Waals surface area (Å²) >= 11 is 0. The van der Waals surface area contributed by atoms with Gasteiger partial charge in [0.15, 0.2) is 5.60 Å². The number of hydrogen-bond acceptors (Lipinski definition) is 5. The molecule has 0 fully saturated rings. The van der Waals surface area contributed by atoms with E-state index in [1.807, 2.05) is 0 Å². The smallest absolute Gasteiger partial charge is 0.337 e. The Labute approximate surface area is 91.6 Å². The Morgan fingerprint density at radius 1 is 1.31 bits per heavy atom. The molecule has 0 heterocycles. The Balaban J connectivity index is 3.90. The zero-order valence-electron chi connectivity index (χ0n) is 8.94. The average Bonchev–Trinajstić information content (AvgIpc) is 2.22. The summed E-state index contributed by atoms with van der Waals surface area (Å²) < 4.78 is 4.26. The third-order valence-electron chi connectivity index (χ3n) is 1.67. The largest absolute Gasteiger partial charge is 0.479 e. The zero-order valence-corrected chi connectivity index (χ0v) is 8.94. The number of amides is 2. The highest BCUT2D eigenvalue weighted by atomic mass is 16.5. The van der Waals surface area contributed by atoms with Gasteiger partial charge in [-0.2, -0.15) is 0 Å². The molecule has 0 radical (unpaired) electrons. The van der Waals surface area contributed by atoms with Crippen molar-refractivity contribution in [2.24, 2.45) is 0 Å². The molecular weight excluding hydrogens is 220 g/mol. The van der Waals surface area contributed by atoms with E-state index in [2.05, 4.69) is 15.4 Å². The molecule has 0 aromatic heterocycles. The van der Waals surface area contributed by atoms with Crippen molar-refractivity contribution in [3.8, 4) is 0 Å². The molecule has 2 amide bonds. The molecule has 0 spiro atoms. The summed E-state index contributed by atoms with van der Waals surface area (Å²) in [6, 6.07) is -0.771. The van der Waals surface area contributed by atoms with Crippen molar-refractivity contribution in [2.45, 2.75) is 12.5 Å². The summed E-state index contributed by atoms with van der Waals surface area (Å²) in [5.74, 6) is -2.10. The van der Waals surface area contributed by atoms with Crippen molar-refractivity contribution in [2.75, 3.05) is 20.2 Å². The van der Waals surface area contributed by atoms with E-state index in [0.29, 0.717) is 0 Å². The summed E-state index contributed by atoms with van der Waals surface area (Å²) in [4.78, 5) is 32.1. The SMILES string of the molecule is COC(=O)CNC(=O)NCC(C)(O)C(=O)O. The van der Waals surface area contributed by atoms with Gasteiger partial charge in [0, 0.05) is 0 Å². The molecule has 0 aliphatic heterocycles. The molecule has 8 nitrogen and oxygen atoms in total. The summed E-state index contributed by atoms with van der Waals surface area (Å²) in [6.45, 7) is 0.225. The van der Waals surface area contributed by atoms with Crippen LogP contribution in [0.25, 0.3) is 0 Å². The van der Waals surface area contributed by atoms with Crippen LogP contribution >= 0.6 is 0 Å².